The minimum Gasteiger partial charge on any atom is -1.00 e. The zero-order valence-corrected chi connectivity index (χ0v) is 15.3. The van der Waals surface area contributed by atoms with Gasteiger partial charge in [0.05, 0.1) is 0 Å². The maximum absolute atomic E-state index is 2.42. The molecule has 3 heteroatoms. The molecule has 1 heterocycles. The van der Waals surface area contributed by atoms with Crippen LogP contribution >= 0.6 is 0 Å². The third-order valence-corrected chi connectivity index (χ3v) is 20.4. The Balaban J connectivity index is 0.000000562. The SMILES string of the molecule is C1=CC[C]([Hf+2]2([C]3=CC=CC3)[CH2][CH2]2)=C1.[Br-].[Br-]. The molecule has 0 N–H and O–H groups in total. The summed E-state index contributed by atoms with van der Waals surface area (Å²) in [6.07, 6.45) is 16.6. The first-order valence-corrected chi connectivity index (χ1v) is 13.8. The van der Waals surface area contributed by atoms with Gasteiger partial charge in [0.25, 0.3) is 0 Å². The van der Waals surface area contributed by atoms with E-state index in [2.05, 4.69) is 36.5 Å². The van der Waals surface area contributed by atoms with Crippen LogP contribution < -0.4 is 34.0 Å². The van der Waals surface area contributed by atoms with E-state index in [0.29, 0.717) is 0 Å². The normalized spacial score (nSPS) is 21.9. The molecule has 15 heavy (non-hydrogen) atoms. The van der Waals surface area contributed by atoms with Crippen molar-refractivity contribution in [3.8, 4) is 0 Å². The summed E-state index contributed by atoms with van der Waals surface area (Å²) in [6.45, 7) is 0. The fourth-order valence-corrected chi connectivity index (χ4v) is 23.6. The van der Waals surface area contributed by atoms with Crippen LogP contribution in [0.4, 0.5) is 0 Å². The van der Waals surface area contributed by atoms with E-state index in [-0.39, 0.29) is 34.0 Å². The van der Waals surface area contributed by atoms with Gasteiger partial charge in [-0.15, -0.1) is 0 Å². The standard InChI is InChI=1S/2C5H5.C2H4.2BrH.Hf/c2*1-2-4-5-3-1;1-2;;;/h2*1-3H,4H2;1-2H2;2*1H;/q;;;;;+2/p-2. The quantitative estimate of drug-likeness (QED) is 0.377. The van der Waals surface area contributed by atoms with Crippen molar-refractivity contribution >= 4 is 0 Å². The maximum atomic E-state index is 2.42. The molecule has 3 rings (SSSR count). The van der Waals surface area contributed by atoms with Gasteiger partial charge < -0.3 is 34.0 Å². The van der Waals surface area contributed by atoms with Crippen LogP contribution in [-0.4, -0.2) is 0 Å². The van der Waals surface area contributed by atoms with E-state index in [1.54, 1.807) is 8.35 Å². The number of allylic oxidation sites excluding steroid dienone is 8. The summed E-state index contributed by atoms with van der Waals surface area (Å²) in [6, 6.07) is 0. The molecule has 2 aliphatic carbocycles. The summed E-state index contributed by atoms with van der Waals surface area (Å²) in [5, 5.41) is 0. The predicted octanol–water partition coefficient (Wildman–Crippen LogP) is -2.31. The Kier molecular flexibility index (Phi) is 5.00. The van der Waals surface area contributed by atoms with Crippen LogP contribution in [-0.2, 0) is 20.0 Å². The van der Waals surface area contributed by atoms with Gasteiger partial charge in [-0.05, 0) is 0 Å². The largest absolute Gasteiger partial charge is 1.00 e. The Morgan fingerprint density at radius 1 is 0.800 bits per heavy atom. The zero-order valence-electron chi connectivity index (χ0n) is 8.55. The van der Waals surface area contributed by atoms with Crippen LogP contribution in [0.1, 0.15) is 12.8 Å². The minimum atomic E-state index is -1.89. The molecule has 3 aliphatic rings. The molecule has 0 bridgehead atoms. The van der Waals surface area contributed by atoms with Gasteiger partial charge in [0.15, 0.2) is 0 Å². The van der Waals surface area contributed by atoms with Crippen molar-refractivity contribution in [2.45, 2.75) is 21.2 Å². The van der Waals surface area contributed by atoms with Crippen LogP contribution in [0.25, 0.3) is 0 Å². The average Bonchev–Trinajstić information content (AvgIpc) is 2.68. The Hall–Kier alpha value is 0.790. The first-order chi connectivity index (χ1) is 6.42. The molecule has 0 radical (unpaired) electrons. The molecule has 1 aliphatic heterocycles. The van der Waals surface area contributed by atoms with Gasteiger partial charge in [0.2, 0.25) is 0 Å². The van der Waals surface area contributed by atoms with Gasteiger partial charge in [0, 0.05) is 0 Å². The van der Waals surface area contributed by atoms with Gasteiger partial charge in [-0.3, -0.25) is 0 Å². The molecular formula is C12H14Br2Hf. The van der Waals surface area contributed by atoms with Crippen molar-refractivity contribution in [2.75, 3.05) is 0 Å². The van der Waals surface area contributed by atoms with Gasteiger partial charge in [0.1, 0.15) is 0 Å². The summed E-state index contributed by atoms with van der Waals surface area (Å²) in [5.74, 6) is 0. The summed E-state index contributed by atoms with van der Waals surface area (Å²) in [4.78, 5) is 0. The van der Waals surface area contributed by atoms with Gasteiger partial charge in [-0.25, -0.2) is 0 Å². The molecule has 0 nitrogen and oxygen atoms in total. The molecule has 1 fully saturated rings. The maximum Gasteiger partial charge on any atom is -1.00 e. The van der Waals surface area contributed by atoms with Gasteiger partial charge in [-0.2, -0.15) is 0 Å². The second-order valence-electron chi connectivity index (χ2n) is 4.23. The average molecular weight is 497 g/mol. The van der Waals surface area contributed by atoms with Crippen molar-refractivity contribution < 1.29 is 53.9 Å². The molecule has 0 aromatic carbocycles. The third kappa shape index (κ3) is 2.39. The van der Waals surface area contributed by atoms with Crippen LogP contribution in [0.3, 0.4) is 0 Å². The first-order valence-electron chi connectivity index (χ1n) is 5.14. The Labute approximate surface area is 117 Å². The molecule has 80 valence electrons. The van der Waals surface area contributed by atoms with E-state index in [4.69, 9.17) is 0 Å². The summed E-state index contributed by atoms with van der Waals surface area (Å²) in [7, 11) is 0. The summed E-state index contributed by atoms with van der Waals surface area (Å²) in [5.41, 5.74) is 0. The van der Waals surface area contributed by atoms with E-state index in [1.165, 1.54) is 12.8 Å². The van der Waals surface area contributed by atoms with Gasteiger partial charge in [-0.1, -0.05) is 0 Å². The van der Waals surface area contributed by atoms with Crippen LogP contribution in [0.5, 0.6) is 0 Å². The molecule has 0 spiro atoms. The fourth-order valence-electron chi connectivity index (χ4n) is 2.58. The molecular weight excluding hydrogens is 482 g/mol. The van der Waals surface area contributed by atoms with E-state index in [9.17, 15) is 0 Å². The minimum absolute atomic E-state index is 0. The molecule has 0 saturated carbocycles. The Morgan fingerprint density at radius 2 is 1.27 bits per heavy atom. The van der Waals surface area contributed by atoms with Crippen molar-refractivity contribution in [1.82, 2.24) is 0 Å². The Bertz CT molecular complexity index is 328. The monoisotopic (exact) mass is 496 g/mol. The molecule has 0 unspecified atom stereocenters. The van der Waals surface area contributed by atoms with E-state index >= 15 is 0 Å². The number of rotatable bonds is 2. The van der Waals surface area contributed by atoms with E-state index in [1.807, 2.05) is 6.66 Å². The fraction of sp³-hybridized carbons (Fsp3) is 0.333. The molecule has 0 aromatic rings. The second-order valence-corrected chi connectivity index (χ2v) is 20.2. The van der Waals surface area contributed by atoms with E-state index < -0.39 is 20.0 Å². The first kappa shape index (κ1) is 13.9. The third-order valence-electron chi connectivity index (χ3n) is 3.52. The molecule has 1 saturated heterocycles. The van der Waals surface area contributed by atoms with Crippen molar-refractivity contribution in [3.63, 3.8) is 0 Å². The molecule has 0 atom stereocenters. The Morgan fingerprint density at radius 3 is 1.53 bits per heavy atom. The number of hydrogen-bond acceptors (Lipinski definition) is 0. The van der Waals surface area contributed by atoms with Crippen molar-refractivity contribution in [2.24, 2.45) is 0 Å². The number of halogens is 2. The smallest absolute Gasteiger partial charge is 1.00 e. The number of hydrogen-bond donors (Lipinski definition) is 0. The topological polar surface area (TPSA) is 0 Å². The zero-order chi connectivity index (χ0) is 8.73. The second kappa shape index (κ2) is 5.42. The predicted molar refractivity (Wildman–Crippen MR) is 53.3 cm³/mol. The van der Waals surface area contributed by atoms with Crippen LogP contribution in [0.2, 0.25) is 8.35 Å². The van der Waals surface area contributed by atoms with Crippen LogP contribution in [0.15, 0.2) is 43.1 Å². The van der Waals surface area contributed by atoms with Crippen LogP contribution in [0, 0.1) is 0 Å². The molecule has 0 aromatic heterocycles. The van der Waals surface area contributed by atoms with Gasteiger partial charge >= 0.3 is 84.3 Å². The summed E-state index contributed by atoms with van der Waals surface area (Å²) >= 11 is -1.89. The van der Waals surface area contributed by atoms with Crippen molar-refractivity contribution in [1.29, 1.82) is 0 Å². The summed E-state index contributed by atoms with van der Waals surface area (Å²) < 4.78 is 6.96. The van der Waals surface area contributed by atoms with E-state index in [0.717, 1.165) is 0 Å². The van der Waals surface area contributed by atoms with Crippen molar-refractivity contribution in [3.05, 3.63) is 43.1 Å². The molecule has 0 amide bonds.